The van der Waals surface area contributed by atoms with Gasteiger partial charge in [-0.3, -0.25) is 19.1 Å². The molecule has 0 bridgehead atoms. The van der Waals surface area contributed by atoms with E-state index in [0.717, 1.165) is 43.9 Å². The summed E-state index contributed by atoms with van der Waals surface area (Å²) in [6.07, 6.45) is 1.61. The Balaban J connectivity index is 1.62. The van der Waals surface area contributed by atoms with Crippen LogP contribution in [0.3, 0.4) is 0 Å². The van der Waals surface area contributed by atoms with E-state index in [0.29, 0.717) is 28.2 Å². The molecule has 29 heavy (non-hydrogen) atoms. The first-order valence-electron chi connectivity index (χ1n) is 10.2. The lowest BCUT2D eigenvalue weighted by Gasteiger charge is -2.19. The summed E-state index contributed by atoms with van der Waals surface area (Å²) in [6, 6.07) is 10.4. The van der Waals surface area contributed by atoms with Crippen LogP contribution < -0.4 is 10.9 Å². The standard InChI is InChI=1S/C22H26N4O2S/c1-3-10-23-20(27)19-15(2)18-21(29-19)24-17-9-11-25(12-13-26(17)22(18)28)14-16-7-5-4-6-8-16/h4-8H,3,9-14H2,1-2H3,(H,23,27). The summed E-state index contributed by atoms with van der Waals surface area (Å²) in [5, 5.41) is 3.50. The first kappa shape index (κ1) is 19.8. The normalized spacial score (nSPS) is 14.6. The number of carbonyl (C=O) groups excluding carboxylic acids is 1. The predicted octanol–water partition coefficient (Wildman–Crippen LogP) is 2.96. The molecule has 0 aliphatic carbocycles. The Morgan fingerprint density at radius 2 is 2.00 bits per heavy atom. The molecule has 1 N–H and O–H groups in total. The van der Waals surface area contributed by atoms with Crippen molar-refractivity contribution in [3.05, 3.63) is 62.5 Å². The number of aryl methyl sites for hydroxylation is 1. The second-order valence-electron chi connectivity index (χ2n) is 7.49. The van der Waals surface area contributed by atoms with Crippen LogP contribution in [-0.2, 0) is 19.5 Å². The molecule has 3 heterocycles. The number of rotatable bonds is 5. The number of aromatic nitrogens is 2. The van der Waals surface area contributed by atoms with Gasteiger partial charge in [-0.25, -0.2) is 4.98 Å². The zero-order valence-corrected chi connectivity index (χ0v) is 17.7. The topological polar surface area (TPSA) is 67.2 Å². The largest absolute Gasteiger partial charge is 0.351 e. The molecule has 7 heteroatoms. The van der Waals surface area contributed by atoms with Crippen LogP contribution >= 0.6 is 11.3 Å². The molecule has 1 aliphatic heterocycles. The highest BCUT2D eigenvalue weighted by atomic mass is 32.1. The molecular weight excluding hydrogens is 384 g/mol. The molecule has 0 saturated carbocycles. The third-order valence-corrected chi connectivity index (χ3v) is 6.60. The molecule has 3 aromatic rings. The molecule has 0 radical (unpaired) electrons. The molecule has 4 rings (SSSR count). The van der Waals surface area contributed by atoms with Crippen molar-refractivity contribution in [3.8, 4) is 0 Å². The molecule has 0 atom stereocenters. The molecular formula is C22H26N4O2S. The molecule has 152 valence electrons. The summed E-state index contributed by atoms with van der Waals surface area (Å²) in [6.45, 7) is 7.67. The Hall–Kier alpha value is -2.51. The van der Waals surface area contributed by atoms with E-state index in [1.54, 1.807) is 4.57 Å². The van der Waals surface area contributed by atoms with Gasteiger partial charge in [-0.15, -0.1) is 11.3 Å². The van der Waals surface area contributed by atoms with Crippen molar-refractivity contribution in [1.29, 1.82) is 0 Å². The minimum absolute atomic E-state index is 0.0187. The highest BCUT2D eigenvalue weighted by Crippen LogP contribution is 2.28. The Morgan fingerprint density at radius 1 is 1.21 bits per heavy atom. The smallest absolute Gasteiger partial charge is 0.262 e. The van der Waals surface area contributed by atoms with E-state index in [4.69, 9.17) is 4.98 Å². The second-order valence-corrected chi connectivity index (χ2v) is 8.49. The molecule has 0 fully saturated rings. The molecule has 0 spiro atoms. The van der Waals surface area contributed by atoms with Gasteiger partial charge in [0.2, 0.25) is 0 Å². The minimum atomic E-state index is -0.110. The third kappa shape index (κ3) is 3.97. The van der Waals surface area contributed by atoms with Crippen molar-refractivity contribution >= 4 is 27.5 Å². The van der Waals surface area contributed by atoms with Crippen molar-refractivity contribution in [3.63, 3.8) is 0 Å². The zero-order valence-electron chi connectivity index (χ0n) is 16.9. The summed E-state index contributed by atoms with van der Waals surface area (Å²) < 4.78 is 1.81. The van der Waals surface area contributed by atoms with E-state index in [1.165, 1.54) is 16.9 Å². The maximum absolute atomic E-state index is 13.2. The van der Waals surface area contributed by atoms with Crippen LogP contribution in [0.15, 0.2) is 35.1 Å². The molecule has 0 unspecified atom stereocenters. The lowest BCUT2D eigenvalue weighted by Crippen LogP contribution is -2.28. The van der Waals surface area contributed by atoms with Crippen molar-refractivity contribution in [2.24, 2.45) is 0 Å². The van der Waals surface area contributed by atoms with E-state index in [-0.39, 0.29) is 11.5 Å². The Bertz CT molecular complexity index is 1090. The Morgan fingerprint density at radius 3 is 2.76 bits per heavy atom. The quantitative estimate of drug-likeness (QED) is 0.702. The number of hydrogen-bond donors (Lipinski definition) is 1. The summed E-state index contributed by atoms with van der Waals surface area (Å²) in [5.41, 5.74) is 2.00. The van der Waals surface area contributed by atoms with Gasteiger partial charge in [-0.1, -0.05) is 37.3 Å². The Labute approximate surface area is 174 Å². The van der Waals surface area contributed by atoms with Crippen LogP contribution in [0.4, 0.5) is 0 Å². The van der Waals surface area contributed by atoms with Gasteiger partial charge in [0.05, 0.1) is 10.3 Å². The Kier molecular flexibility index (Phi) is 5.78. The van der Waals surface area contributed by atoms with Crippen molar-refractivity contribution in [2.75, 3.05) is 19.6 Å². The second kappa shape index (κ2) is 8.47. The zero-order chi connectivity index (χ0) is 20.4. The maximum atomic E-state index is 13.2. The number of carbonyl (C=O) groups is 1. The fourth-order valence-electron chi connectivity index (χ4n) is 3.83. The lowest BCUT2D eigenvalue weighted by molar-refractivity contribution is 0.0957. The van der Waals surface area contributed by atoms with Gasteiger partial charge in [-0.2, -0.15) is 0 Å². The molecule has 2 aromatic heterocycles. The molecule has 0 saturated heterocycles. The number of nitrogens with zero attached hydrogens (tertiary/aromatic N) is 3. The van der Waals surface area contributed by atoms with Gasteiger partial charge < -0.3 is 5.32 Å². The highest BCUT2D eigenvalue weighted by Gasteiger charge is 2.23. The lowest BCUT2D eigenvalue weighted by atomic mass is 10.2. The van der Waals surface area contributed by atoms with E-state index in [2.05, 4.69) is 34.5 Å². The summed E-state index contributed by atoms with van der Waals surface area (Å²) in [4.78, 5) is 34.1. The number of amides is 1. The number of nitrogens with one attached hydrogen (secondary N) is 1. The first-order valence-corrected chi connectivity index (χ1v) is 11.0. The van der Waals surface area contributed by atoms with Gasteiger partial charge in [0.1, 0.15) is 10.7 Å². The number of fused-ring (bicyclic) bond motifs is 2. The van der Waals surface area contributed by atoms with Crippen LogP contribution in [0.5, 0.6) is 0 Å². The van der Waals surface area contributed by atoms with Gasteiger partial charge in [-0.05, 0) is 24.5 Å². The van der Waals surface area contributed by atoms with Gasteiger partial charge in [0.25, 0.3) is 11.5 Å². The van der Waals surface area contributed by atoms with E-state index in [1.807, 2.05) is 19.9 Å². The van der Waals surface area contributed by atoms with Crippen LogP contribution in [0.25, 0.3) is 10.2 Å². The average molecular weight is 411 g/mol. The van der Waals surface area contributed by atoms with Gasteiger partial charge in [0.15, 0.2) is 0 Å². The van der Waals surface area contributed by atoms with Gasteiger partial charge in [0, 0.05) is 39.1 Å². The number of benzene rings is 1. The molecule has 1 aliphatic rings. The third-order valence-electron chi connectivity index (χ3n) is 5.41. The van der Waals surface area contributed by atoms with Crippen LogP contribution in [0, 0.1) is 6.92 Å². The van der Waals surface area contributed by atoms with E-state index < -0.39 is 0 Å². The molecule has 1 aromatic carbocycles. The monoisotopic (exact) mass is 410 g/mol. The summed E-state index contributed by atoms with van der Waals surface area (Å²) in [7, 11) is 0. The fourth-order valence-corrected chi connectivity index (χ4v) is 4.93. The van der Waals surface area contributed by atoms with E-state index in [9.17, 15) is 9.59 Å². The first-order chi connectivity index (χ1) is 14.1. The van der Waals surface area contributed by atoms with Crippen LogP contribution in [0.1, 0.15) is 40.0 Å². The summed E-state index contributed by atoms with van der Waals surface area (Å²) >= 11 is 1.33. The minimum Gasteiger partial charge on any atom is -0.351 e. The van der Waals surface area contributed by atoms with Crippen LogP contribution in [-0.4, -0.2) is 40.0 Å². The summed E-state index contributed by atoms with van der Waals surface area (Å²) in [5.74, 6) is 0.709. The molecule has 1 amide bonds. The average Bonchev–Trinajstić information content (AvgIpc) is 2.92. The van der Waals surface area contributed by atoms with Gasteiger partial charge >= 0.3 is 0 Å². The van der Waals surface area contributed by atoms with Crippen molar-refractivity contribution < 1.29 is 4.79 Å². The SMILES string of the molecule is CCCNC(=O)c1sc2nc3n(c(=O)c2c1C)CCN(Cc1ccccc1)CC3. The fraction of sp³-hybridized carbons (Fsp3) is 0.409. The number of hydrogen-bond acceptors (Lipinski definition) is 5. The maximum Gasteiger partial charge on any atom is 0.262 e. The predicted molar refractivity (Wildman–Crippen MR) is 117 cm³/mol. The van der Waals surface area contributed by atoms with Crippen molar-refractivity contribution in [2.45, 2.75) is 39.8 Å². The highest BCUT2D eigenvalue weighted by molar-refractivity contribution is 7.20. The van der Waals surface area contributed by atoms with Crippen LogP contribution in [0.2, 0.25) is 0 Å². The van der Waals surface area contributed by atoms with E-state index >= 15 is 0 Å². The number of thiophene rings is 1. The van der Waals surface area contributed by atoms with Crippen molar-refractivity contribution in [1.82, 2.24) is 19.8 Å². The molecule has 6 nitrogen and oxygen atoms in total.